The molecule has 0 aromatic carbocycles. The van der Waals surface area contributed by atoms with Crippen LogP contribution in [0, 0.1) is 6.92 Å². The lowest BCUT2D eigenvalue weighted by molar-refractivity contribution is -0.113. The van der Waals surface area contributed by atoms with Gasteiger partial charge in [-0.1, -0.05) is 13.5 Å². The number of carbonyl (C=O) groups is 1. The number of nitrogens with one attached hydrogen (secondary N) is 1. The lowest BCUT2D eigenvalue weighted by atomic mass is 9.88. The topological polar surface area (TPSA) is 42.2 Å². The first kappa shape index (κ1) is 11.7. The molecule has 3 heteroatoms. The molecule has 1 atom stereocenters. The van der Waals surface area contributed by atoms with Crippen LogP contribution in [-0.4, -0.2) is 5.78 Å². The van der Waals surface area contributed by atoms with Gasteiger partial charge in [-0.05, 0) is 38.0 Å². The molecule has 3 nitrogen and oxygen atoms in total. The summed E-state index contributed by atoms with van der Waals surface area (Å²) in [4.78, 5) is 11.6. The van der Waals surface area contributed by atoms with E-state index in [0.29, 0.717) is 11.3 Å². The Labute approximate surface area is 101 Å². The van der Waals surface area contributed by atoms with Crippen LogP contribution < -0.4 is 5.32 Å². The van der Waals surface area contributed by atoms with Crippen molar-refractivity contribution in [3.05, 3.63) is 47.1 Å². The fourth-order valence-electron chi connectivity index (χ4n) is 1.94. The van der Waals surface area contributed by atoms with Crippen molar-refractivity contribution in [1.29, 1.82) is 0 Å². The summed E-state index contributed by atoms with van der Waals surface area (Å²) in [6, 6.07) is 3.93. The average molecular weight is 231 g/mol. The lowest BCUT2D eigenvalue weighted by Crippen LogP contribution is -2.33. The van der Waals surface area contributed by atoms with Gasteiger partial charge in [-0.15, -0.1) is 0 Å². The highest BCUT2D eigenvalue weighted by Crippen LogP contribution is 2.30. The Balaban J connectivity index is 2.17. The maximum absolute atomic E-state index is 11.6. The molecule has 17 heavy (non-hydrogen) atoms. The van der Waals surface area contributed by atoms with Crippen LogP contribution in [0.1, 0.15) is 37.8 Å². The summed E-state index contributed by atoms with van der Waals surface area (Å²) in [6.45, 7) is 9.59. The number of Topliss-reactive ketones (excluding diaryl/α,β-unsaturated/α-hetero) is 1. The van der Waals surface area contributed by atoms with Crippen molar-refractivity contribution in [2.24, 2.45) is 0 Å². The Morgan fingerprint density at radius 2 is 2.12 bits per heavy atom. The minimum absolute atomic E-state index is 0.0178. The predicted octanol–water partition coefficient (Wildman–Crippen LogP) is 3.04. The second kappa shape index (κ2) is 4.24. The first-order valence-electron chi connectivity index (χ1n) is 5.82. The minimum atomic E-state index is 0.0178. The molecule has 0 aliphatic heterocycles. The molecule has 0 bridgehead atoms. The molecule has 1 aliphatic rings. The molecule has 0 spiro atoms. The number of ketones is 1. The molecule has 1 aromatic rings. The zero-order chi connectivity index (χ0) is 12.6. The van der Waals surface area contributed by atoms with Crippen LogP contribution in [0.2, 0.25) is 0 Å². The molecule has 1 aliphatic carbocycles. The van der Waals surface area contributed by atoms with Gasteiger partial charge >= 0.3 is 0 Å². The maximum atomic E-state index is 11.6. The number of allylic oxidation sites excluding steroid dienone is 2. The van der Waals surface area contributed by atoms with E-state index in [2.05, 4.69) is 18.8 Å². The van der Waals surface area contributed by atoms with Crippen molar-refractivity contribution in [3.8, 4) is 0 Å². The molecule has 0 amide bonds. The molecule has 1 heterocycles. The van der Waals surface area contributed by atoms with Gasteiger partial charge in [0.15, 0.2) is 0 Å². The molecule has 1 aromatic heterocycles. The molecule has 0 radical (unpaired) electrons. The number of hydrogen-bond acceptors (Lipinski definition) is 3. The first-order valence-corrected chi connectivity index (χ1v) is 5.82. The van der Waals surface area contributed by atoms with E-state index < -0.39 is 0 Å². The predicted molar refractivity (Wildman–Crippen MR) is 66.5 cm³/mol. The van der Waals surface area contributed by atoms with Crippen molar-refractivity contribution in [1.82, 2.24) is 5.32 Å². The van der Waals surface area contributed by atoms with Gasteiger partial charge in [0.05, 0.1) is 11.7 Å². The van der Waals surface area contributed by atoms with Gasteiger partial charge in [0.1, 0.15) is 11.5 Å². The van der Waals surface area contributed by atoms with Gasteiger partial charge in [-0.3, -0.25) is 4.79 Å². The molecule has 0 saturated carbocycles. The lowest BCUT2D eigenvalue weighted by Gasteiger charge is -2.27. The van der Waals surface area contributed by atoms with Crippen molar-refractivity contribution >= 4 is 5.78 Å². The van der Waals surface area contributed by atoms with Gasteiger partial charge in [-0.2, -0.15) is 0 Å². The summed E-state index contributed by atoms with van der Waals surface area (Å²) in [5, 5.41) is 3.24. The Morgan fingerprint density at radius 1 is 1.41 bits per heavy atom. The van der Waals surface area contributed by atoms with E-state index in [0.717, 1.165) is 23.5 Å². The van der Waals surface area contributed by atoms with Crippen molar-refractivity contribution in [2.75, 3.05) is 0 Å². The summed E-state index contributed by atoms with van der Waals surface area (Å²) in [5.41, 5.74) is 2.24. The number of furan rings is 1. The molecule has 90 valence electrons. The fourth-order valence-corrected chi connectivity index (χ4v) is 1.94. The number of rotatable bonds is 4. The minimum Gasteiger partial charge on any atom is -0.464 e. The Morgan fingerprint density at radius 3 is 2.59 bits per heavy atom. The van der Waals surface area contributed by atoms with Crippen LogP contribution in [0.25, 0.3) is 0 Å². The monoisotopic (exact) mass is 231 g/mol. The van der Waals surface area contributed by atoms with E-state index in [9.17, 15) is 4.79 Å². The maximum Gasteiger partial charge on any atom is 0.208 e. The van der Waals surface area contributed by atoms with Crippen LogP contribution in [0.4, 0.5) is 0 Å². The summed E-state index contributed by atoms with van der Waals surface area (Å²) >= 11 is 0. The largest absolute Gasteiger partial charge is 0.464 e. The molecule has 0 unspecified atom stereocenters. The molecule has 0 saturated heterocycles. The number of hydrogen-bond donors (Lipinski definition) is 1. The quantitative estimate of drug-likeness (QED) is 0.810. The average Bonchev–Trinajstić information content (AvgIpc) is 2.75. The van der Waals surface area contributed by atoms with Gasteiger partial charge < -0.3 is 9.73 Å². The van der Waals surface area contributed by atoms with E-state index in [4.69, 9.17) is 4.42 Å². The molecule has 2 rings (SSSR count). The molecular formula is C14H17NO2. The van der Waals surface area contributed by atoms with Crippen LogP contribution >= 0.6 is 0 Å². The first-order chi connectivity index (χ1) is 8.04. The van der Waals surface area contributed by atoms with E-state index >= 15 is 0 Å². The highest BCUT2D eigenvalue weighted by Gasteiger charge is 2.30. The number of carbonyl (C=O) groups excluding carboxylic acids is 1. The zero-order valence-corrected chi connectivity index (χ0v) is 10.5. The van der Waals surface area contributed by atoms with Gasteiger partial charge in [-0.25, -0.2) is 0 Å². The highest BCUT2D eigenvalue weighted by atomic mass is 16.3. The van der Waals surface area contributed by atoms with E-state index in [1.165, 1.54) is 0 Å². The second-order valence-corrected chi connectivity index (χ2v) is 4.36. The third-order valence-corrected chi connectivity index (χ3v) is 3.16. The smallest absolute Gasteiger partial charge is 0.208 e. The Kier molecular flexibility index (Phi) is 2.92. The van der Waals surface area contributed by atoms with Gasteiger partial charge in [0.25, 0.3) is 0 Å². The fraction of sp³-hybridized carbons (Fsp3) is 0.357. The Hall–Kier alpha value is -1.77. The number of aryl methyl sites for hydroxylation is 1. The zero-order valence-electron chi connectivity index (χ0n) is 10.5. The van der Waals surface area contributed by atoms with Gasteiger partial charge in [0.2, 0.25) is 5.78 Å². The third kappa shape index (κ3) is 1.93. The van der Waals surface area contributed by atoms with Crippen molar-refractivity contribution in [2.45, 2.75) is 33.2 Å². The standard InChI is InChI=1S/C14H17NO2/c1-5-11(12-7-6-8(2)17-12)15-13-9(3)10(4)14(13)16/h6-7,11,15H,4-5H2,1-3H3/t11-/m1/s1. The van der Waals surface area contributed by atoms with Crippen LogP contribution in [0.15, 0.2) is 40.0 Å². The third-order valence-electron chi connectivity index (χ3n) is 3.16. The molecule has 1 N–H and O–H groups in total. The van der Waals surface area contributed by atoms with Crippen LogP contribution in [0.3, 0.4) is 0 Å². The summed E-state index contributed by atoms with van der Waals surface area (Å²) in [6.07, 6.45) is 0.865. The Bertz CT molecular complexity index is 508. The summed E-state index contributed by atoms with van der Waals surface area (Å²) < 4.78 is 5.58. The molecular weight excluding hydrogens is 214 g/mol. The van der Waals surface area contributed by atoms with Crippen LogP contribution in [-0.2, 0) is 4.79 Å². The SMILES string of the molecule is C=C1C(=O)C(N[C@H](CC)c2ccc(C)o2)=C1C. The van der Waals surface area contributed by atoms with Crippen LogP contribution in [0.5, 0.6) is 0 Å². The summed E-state index contributed by atoms with van der Waals surface area (Å²) in [7, 11) is 0. The molecule has 0 fully saturated rings. The highest BCUT2D eigenvalue weighted by molar-refractivity contribution is 6.18. The van der Waals surface area contributed by atoms with E-state index in [-0.39, 0.29) is 11.8 Å². The van der Waals surface area contributed by atoms with E-state index in [1.807, 2.05) is 26.0 Å². The second-order valence-electron chi connectivity index (χ2n) is 4.36. The van der Waals surface area contributed by atoms with E-state index in [1.54, 1.807) is 0 Å². The normalized spacial score (nSPS) is 17.1. The summed E-state index contributed by atoms with van der Waals surface area (Å²) in [5.74, 6) is 1.77. The van der Waals surface area contributed by atoms with Crippen molar-refractivity contribution < 1.29 is 9.21 Å². The van der Waals surface area contributed by atoms with Crippen molar-refractivity contribution in [3.63, 3.8) is 0 Å². The van der Waals surface area contributed by atoms with Gasteiger partial charge in [0, 0.05) is 5.57 Å².